The van der Waals surface area contributed by atoms with E-state index >= 15 is 0 Å². The highest BCUT2D eigenvalue weighted by atomic mass is 79.9. The Morgan fingerprint density at radius 1 is 1.38 bits per heavy atom. The molecule has 0 aromatic carbocycles. The monoisotopic (exact) mass is 358 g/mol. The summed E-state index contributed by atoms with van der Waals surface area (Å²) >= 11 is 3.13. The molecule has 0 aliphatic heterocycles. The van der Waals surface area contributed by atoms with Crippen molar-refractivity contribution in [3.63, 3.8) is 0 Å². The minimum atomic E-state index is -1.11. The summed E-state index contributed by atoms with van der Waals surface area (Å²) in [5, 5.41) is 1.88. The number of imide groups is 1. The summed E-state index contributed by atoms with van der Waals surface area (Å²) in [5.74, 6) is -1.37. The topological polar surface area (TPSA) is 112 Å². The zero-order valence-electron chi connectivity index (χ0n) is 11.5. The van der Waals surface area contributed by atoms with Crippen molar-refractivity contribution >= 4 is 39.9 Å². The van der Waals surface area contributed by atoms with Crippen LogP contribution in [-0.2, 0) is 14.3 Å². The van der Waals surface area contributed by atoms with Gasteiger partial charge in [0.2, 0.25) is 0 Å². The summed E-state index contributed by atoms with van der Waals surface area (Å²) in [7, 11) is 0. The van der Waals surface area contributed by atoms with Gasteiger partial charge in [0, 0.05) is 6.08 Å². The van der Waals surface area contributed by atoms with Crippen LogP contribution in [0.3, 0.4) is 0 Å². The van der Waals surface area contributed by atoms with Crippen LogP contribution in [0.4, 0.5) is 4.79 Å². The molecule has 114 valence electrons. The average Bonchev–Trinajstić information content (AvgIpc) is 2.78. The van der Waals surface area contributed by atoms with Crippen molar-refractivity contribution < 1.29 is 23.5 Å². The molecule has 0 radical (unpaired) electrons. The number of furan rings is 1. The highest BCUT2D eigenvalue weighted by molar-refractivity contribution is 9.10. The molecule has 3 N–H and O–H groups in total. The maximum atomic E-state index is 11.7. The molecule has 1 rings (SSSR count). The fourth-order valence-corrected chi connectivity index (χ4v) is 1.74. The van der Waals surface area contributed by atoms with E-state index in [4.69, 9.17) is 14.9 Å². The van der Waals surface area contributed by atoms with Gasteiger partial charge in [0.1, 0.15) is 5.76 Å². The Kier molecular flexibility index (Phi) is 6.16. The van der Waals surface area contributed by atoms with Crippen LogP contribution in [0.15, 0.2) is 27.3 Å². The normalized spacial score (nSPS) is 12.4. The lowest BCUT2D eigenvalue weighted by Crippen LogP contribution is -2.45. The number of ether oxygens (including phenoxy) is 1. The van der Waals surface area contributed by atoms with E-state index in [1.807, 2.05) is 5.32 Å². The van der Waals surface area contributed by atoms with Crippen molar-refractivity contribution in [2.45, 2.75) is 20.0 Å². The highest BCUT2D eigenvalue weighted by Crippen LogP contribution is 2.15. The SMILES string of the molecule is CC(C)[C@H](OC(=O)/C=C/c1ccc(Br)o1)C(=O)NC(N)=O. The largest absolute Gasteiger partial charge is 0.450 e. The van der Waals surface area contributed by atoms with Crippen LogP contribution in [0.2, 0.25) is 0 Å². The molecule has 1 aromatic heterocycles. The van der Waals surface area contributed by atoms with Gasteiger partial charge in [0.15, 0.2) is 10.8 Å². The Morgan fingerprint density at radius 2 is 2.05 bits per heavy atom. The van der Waals surface area contributed by atoms with Gasteiger partial charge < -0.3 is 14.9 Å². The number of halogens is 1. The molecule has 0 fully saturated rings. The van der Waals surface area contributed by atoms with Gasteiger partial charge in [-0.15, -0.1) is 0 Å². The van der Waals surface area contributed by atoms with Crippen molar-refractivity contribution in [3.8, 4) is 0 Å². The third kappa shape index (κ3) is 5.82. The van der Waals surface area contributed by atoms with Crippen LogP contribution in [0.25, 0.3) is 6.08 Å². The average molecular weight is 359 g/mol. The molecule has 0 spiro atoms. The minimum Gasteiger partial charge on any atom is -0.450 e. The van der Waals surface area contributed by atoms with Gasteiger partial charge in [-0.2, -0.15) is 0 Å². The first-order valence-electron chi connectivity index (χ1n) is 6.04. The minimum absolute atomic E-state index is 0.320. The van der Waals surface area contributed by atoms with E-state index in [9.17, 15) is 14.4 Å². The number of urea groups is 1. The lowest BCUT2D eigenvalue weighted by molar-refractivity contribution is -0.153. The number of nitrogens with two attached hydrogens (primary N) is 1. The second-order valence-corrected chi connectivity index (χ2v) is 5.21. The van der Waals surface area contributed by atoms with Crippen LogP contribution in [0.1, 0.15) is 19.6 Å². The Balaban J connectivity index is 2.66. The third-order valence-electron chi connectivity index (χ3n) is 2.33. The maximum absolute atomic E-state index is 11.7. The van der Waals surface area contributed by atoms with E-state index in [0.29, 0.717) is 10.4 Å². The summed E-state index contributed by atoms with van der Waals surface area (Å²) in [6.07, 6.45) is 1.41. The van der Waals surface area contributed by atoms with Crippen molar-refractivity contribution in [1.29, 1.82) is 0 Å². The first kappa shape index (κ1) is 17.0. The summed E-state index contributed by atoms with van der Waals surface area (Å²) in [5.41, 5.74) is 4.86. The molecule has 7 nitrogen and oxygen atoms in total. The number of carbonyl (C=O) groups excluding carboxylic acids is 3. The number of carbonyl (C=O) groups is 3. The zero-order chi connectivity index (χ0) is 16.0. The molecule has 0 aliphatic rings. The third-order valence-corrected chi connectivity index (χ3v) is 2.76. The number of esters is 1. The van der Waals surface area contributed by atoms with Crippen LogP contribution in [0, 0.1) is 5.92 Å². The predicted octanol–water partition coefficient (Wildman–Crippen LogP) is 1.82. The van der Waals surface area contributed by atoms with E-state index in [1.165, 1.54) is 6.08 Å². The van der Waals surface area contributed by atoms with Gasteiger partial charge in [-0.3, -0.25) is 10.1 Å². The van der Waals surface area contributed by atoms with Crippen molar-refractivity contribution in [2.75, 3.05) is 0 Å². The standard InChI is InChI=1S/C13H15BrN2O5/c1-7(2)11(12(18)16-13(15)19)21-10(17)6-4-8-3-5-9(14)20-8/h3-7,11H,1-2H3,(H3,15,16,18,19)/b6-4+/t11-/m0/s1. The summed E-state index contributed by atoms with van der Waals surface area (Å²) in [4.78, 5) is 34.0. The molecule has 1 heterocycles. The van der Waals surface area contributed by atoms with Gasteiger partial charge in [0.25, 0.3) is 5.91 Å². The van der Waals surface area contributed by atoms with Crippen molar-refractivity contribution in [2.24, 2.45) is 11.7 Å². The number of nitrogens with one attached hydrogen (secondary N) is 1. The van der Waals surface area contributed by atoms with Gasteiger partial charge in [-0.25, -0.2) is 9.59 Å². The van der Waals surface area contributed by atoms with Crippen LogP contribution in [-0.4, -0.2) is 24.0 Å². The van der Waals surface area contributed by atoms with Gasteiger partial charge in [-0.05, 0) is 40.1 Å². The second kappa shape index (κ2) is 7.63. The molecule has 1 atom stereocenters. The Bertz CT molecular complexity index is 565. The van der Waals surface area contributed by atoms with Gasteiger partial charge >= 0.3 is 12.0 Å². The first-order chi connectivity index (χ1) is 9.79. The van der Waals surface area contributed by atoms with Gasteiger partial charge in [0.05, 0.1) is 0 Å². The Hall–Kier alpha value is -2.09. The zero-order valence-corrected chi connectivity index (χ0v) is 13.0. The van der Waals surface area contributed by atoms with E-state index in [2.05, 4.69) is 15.9 Å². The molecule has 0 saturated carbocycles. The van der Waals surface area contributed by atoms with E-state index in [1.54, 1.807) is 26.0 Å². The highest BCUT2D eigenvalue weighted by Gasteiger charge is 2.26. The fourth-order valence-electron chi connectivity index (χ4n) is 1.42. The smallest absolute Gasteiger partial charge is 0.331 e. The molecule has 1 aromatic rings. The number of hydrogen-bond donors (Lipinski definition) is 2. The quantitative estimate of drug-likeness (QED) is 0.615. The maximum Gasteiger partial charge on any atom is 0.331 e. The molecule has 0 aliphatic carbocycles. The summed E-state index contributed by atoms with van der Waals surface area (Å²) in [6.45, 7) is 3.34. The summed E-state index contributed by atoms with van der Waals surface area (Å²) in [6, 6.07) is 2.31. The molecule has 8 heteroatoms. The molecule has 0 saturated heterocycles. The molecule has 3 amide bonds. The molecular formula is C13H15BrN2O5. The van der Waals surface area contributed by atoms with E-state index in [-0.39, 0.29) is 5.92 Å². The van der Waals surface area contributed by atoms with Gasteiger partial charge in [-0.1, -0.05) is 13.8 Å². The Labute approximate surface area is 129 Å². The molecule has 0 bridgehead atoms. The predicted molar refractivity (Wildman–Crippen MR) is 77.9 cm³/mol. The first-order valence-corrected chi connectivity index (χ1v) is 6.83. The number of hydrogen-bond acceptors (Lipinski definition) is 5. The Morgan fingerprint density at radius 3 is 2.52 bits per heavy atom. The summed E-state index contributed by atoms with van der Waals surface area (Å²) < 4.78 is 10.7. The lowest BCUT2D eigenvalue weighted by Gasteiger charge is -2.18. The van der Waals surface area contributed by atoms with Crippen LogP contribution < -0.4 is 11.1 Å². The number of amides is 3. The van der Waals surface area contributed by atoms with Crippen molar-refractivity contribution in [1.82, 2.24) is 5.32 Å². The van der Waals surface area contributed by atoms with E-state index < -0.39 is 24.0 Å². The van der Waals surface area contributed by atoms with Crippen molar-refractivity contribution in [3.05, 3.63) is 28.6 Å². The van der Waals surface area contributed by atoms with E-state index in [0.717, 1.165) is 6.08 Å². The lowest BCUT2D eigenvalue weighted by atomic mass is 10.1. The van der Waals surface area contributed by atoms with Crippen LogP contribution >= 0.6 is 15.9 Å². The fraction of sp³-hybridized carbons (Fsp3) is 0.308. The number of primary amides is 1. The second-order valence-electron chi connectivity index (χ2n) is 4.43. The number of rotatable bonds is 5. The molecule has 21 heavy (non-hydrogen) atoms. The molecular weight excluding hydrogens is 344 g/mol. The van der Waals surface area contributed by atoms with Crippen LogP contribution in [0.5, 0.6) is 0 Å². The molecule has 0 unspecified atom stereocenters.